The molecule has 6 rings (SSSR count). The van der Waals surface area contributed by atoms with Gasteiger partial charge < -0.3 is 20.1 Å². The minimum absolute atomic E-state index is 0.0864. The van der Waals surface area contributed by atoms with Gasteiger partial charge in [-0.1, -0.05) is 12.1 Å². The Balaban J connectivity index is 0.000000654. The molecule has 2 aromatic heterocycles. The fourth-order valence-corrected chi connectivity index (χ4v) is 10.1. The number of aromatic amines is 1. The van der Waals surface area contributed by atoms with E-state index in [9.17, 15) is 35.6 Å². The molecule has 2 atom stereocenters. The van der Waals surface area contributed by atoms with Gasteiger partial charge in [0, 0.05) is 40.3 Å². The van der Waals surface area contributed by atoms with E-state index in [-0.39, 0.29) is 30.7 Å². The summed E-state index contributed by atoms with van der Waals surface area (Å²) in [6, 6.07) is 15.5. The van der Waals surface area contributed by atoms with Gasteiger partial charge in [0.15, 0.2) is 0 Å². The summed E-state index contributed by atoms with van der Waals surface area (Å²) in [4.78, 5) is 42.0. The Kier molecular flexibility index (Phi) is 10.6. The first-order valence-electron chi connectivity index (χ1n) is 15.7. The first-order valence-corrected chi connectivity index (χ1v) is 18.0. The maximum atomic E-state index is 13.7. The lowest BCUT2D eigenvalue weighted by molar-refractivity contribution is -0.192. The van der Waals surface area contributed by atoms with E-state index in [1.807, 2.05) is 30.3 Å². The Morgan fingerprint density at radius 3 is 2.33 bits per heavy atom. The van der Waals surface area contributed by atoms with E-state index < -0.39 is 38.9 Å². The molecule has 3 N–H and O–H groups in total. The third-order valence-electron chi connectivity index (χ3n) is 8.47. The van der Waals surface area contributed by atoms with Gasteiger partial charge in [-0.2, -0.15) is 13.2 Å². The Bertz CT molecular complexity index is 2050. The molecule has 4 aromatic rings. The van der Waals surface area contributed by atoms with Crippen LogP contribution in [0.15, 0.2) is 54.6 Å². The number of amides is 2. The number of methoxy groups -OCH3 is 1. The molecular formula is C34H36F4N4O7S2. The van der Waals surface area contributed by atoms with Crippen LogP contribution in [0.3, 0.4) is 0 Å². The van der Waals surface area contributed by atoms with Gasteiger partial charge >= 0.3 is 12.1 Å². The summed E-state index contributed by atoms with van der Waals surface area (Å²) < 4.78 is 78.9. The predicted molar refractivity (Wildman–Crippen MR) is 181 cm³/mol. The van der Waals surface area contributed by atoms with Crippen molar-refractivity contribution in [2.24, 2.45) is 0 Å². The fourth-order valence-electron chi connectivity index (χ4n) is 6.19. The highest BCUT2D eigenvalue weighted by Gasteiger charge is 2.51. The number of rotatable bonds is 7. The van der Waals surface area contributed by atoms with Crippen LogP contribution in [0, 0.1) is 5.82 Å². The Labute approximate surface area is 295 Å². The van der Waals surface area contributed by atoms with Crippen LogP contribution in [0.25, 0.3) is 10.9 Å². The van der Waals surface area contributed by atoms with E-state index in [4.69, 9.17) is 14.6 Å². The zero-order valence-electron chi connectivity index (χ0n) is 28.0. The number of hydrogen-bond acceptors (Lipinski definition) is 8. The Morgan fingerprint density at radius 1 is 1.08 bits per heavy atom. The molecule has 17 heteroatoms. The number of carbonyl (C=O) groups is 3. The van der Waals surface area contributed by atoms with Gasteiger partial charge in [0.25, 0.3) is 5.91 Å². The Morgan fingerprint density at radius 2 is 1.75 bits per heavy atom. The topological polar surface area (TPSA) is 149 Å². The van der Waals surface area contributed by atoms with Crippen LogP contribution in [0.5, 0.6) is 5.75 Å². The molecule has 51 heavy (non-hydrogen) atoms. The number of aliphatic carboxylic acids is 1. The molecule has 0 saturated carbocycles. The number of alkyl halides is 3. The smallest absolute Gasteiger partial charge is 0.490 e. The highest BCUT2D eigenvalue weighted by molar-refractivity contribution is 7.90. The first kappa shape index (κ1) is 37.8. The van der Waals surface area contributed by atoms with Crippen molar-refractivity contribution in [2.75, 3.05) is 20.2 Å². The number of nitrogens with zero attached hydrogens (tertiary/aromatic N) is 2. The largest absolute Gasteiger partial charge is 0.497 e. The zero-order valence-corrected chi connectivity index (χ0v) is 29.6. The number of hydrogen-bond donors (Lipinski definition) is 3. The molecule has 11 nitrogen and oxygen atoms in total. The van der Waals surface area contributed by atoms with E-state index >= 15 is 0 Å². The molecule has 274 valence electrons. The van der Waals surface area contributed by atoms with E-state index in [0.29, 0.717) is 41.0 Å². The average Bonchev–Trinajstić information content (AvgIpc) is 3.72. The second kappa shape index (κ2) is 14.3. The summed E-state index contributed by atoms with van der Waals surface area (Å²) in [6.07, 6.45) is -4.46. The number of benzene rings is 2. The quantitative estimate of drug-likeness (QED) is 0.197. The summed E-state index contributed by atoms with van der Waals surface area (Å²) in [7, 11) is -2.26. The number of fused-ring (bicyclic) bond motifs is 2. The number of carboxylic acids is 1. The predicted octanol–water partition coefficient (Wildman–Crippen LogP) is 5.94. The summed E-state index contributed by atoms with van der Waals surface area (Å²) in [6.45, 7) is 6.76. The van der Waals surface area contributed by atoms with Crippen molar-refractivity contribution in [3.05, 3.63) is 87.0 Å². The summed E-state index contributed by atoms with van der Waals surface area (Å²) in [5.74, 6) is -3.09. The molecule has 2 aliphatic heterocycles. The number of nitrogens with one attached hydrogen (secondary N) is 2. The normalized spacial score (nSPS) is 19.0. The van der Waals surface area contributed by atoms with Gasteiger partial charge in [-0.3, -0.25) is 14.5 Å². The lowest BCUT2D eigenvalue weighted by Crippen LogP contribution is -2.45. The van der Waals surface area contributed by atoms with Crippen molar-refractivity contribution in [1.82, 2.24) is 19.5 Å². The van der Waals surface area contributed by atoms with E-state index in [1.54, 1.807) is 40.0 Å². The standard InChI is InChI=1S/C32H35FN4O5S2.C2HF3O2/c1-32(2,3)37-29(38)16-28(44(37,40)41)27-15-20-11-12-36(18-19-5-8-23(42-4)9-6-19)26(30(20)43-27)17-34-31(39)25-14-21-13-22(33)7-10-24(21)35-25;3-2(4,5)1(6)7/h5-10,13-15,26,28,35H,11-12,16-18H2,1-4H3,(H,34,39);(H,6,7). The first-order chi connectivity index (χ1) is 23.8. The maximum absolute atomic E-state index is 13.7. The number of carbonyl (C=O) groups excluding carboxylic acids is 2. The summed E-state index contributed by atoms with van der Waals surface area (Å²) in [5.41, 5.74) is 2.25. The summed E-state index contributed by atoms with van der Waals surface area (Å²) >= 11 is 1.41. The third-order valence-corrected chi connectivity index (χ3v) is 12.4. The SMILES string of the molecule is COc1ccc(CN2CCc3cc(C4CC(=O)N(C(C)(C)C)S4(=O)=O)sc3C2CNC(=O)c2cc3cc(F)ccc3[nH]2)cc1.O=C(O)C(F)(F)F. The number of thiophene rings is 1. The maximum Gasteiger partial charge on any atom is 0.490 e. The van der Waals surface area contributed by atoms with Crippen molar-refractivity contribution < 1.29 is 50.2 Å². The van der Waals surface area contributed by atoms with Crippen molar-refractivity contribution in [2.45, 2.75) is 63.2 Å². The number of H-pyrrole nitrogens is 1. The second-order valence-electron chi connectivity index (χ2n) is 13.1. The van der Waals surface area contributed by atoms with Gasteiger partial charge in [0.05, 0.1) is 25.1 Å². The number of sulfonamides is 1. The van der Waals surface area contributed by atoms with Crippen LogP contribution >= 0.6 is 11.3 Å². The molecule has 0 spiro atoms. The second-order valence-corrected chi connectivity index (χ2v) is 16.2. The molecule has 2 unspecified atom stereocenters. The third kappa shape index (κ3) is 8.20. The minimum Gasteiger partial charge on any atom is -0.497 e. The number of ether oxygens (including phenoxy) is 1. The van der Waals surface area contributed by atoms with Crippen LogP contribution < -0.4 is 10.1 Å². The average molecular weight is 753 g/mol. The zero-order chi connectivity index (χ0) is 37.5. The van der Waals surface area contributed by atoms with Gasteiger partial charge in [-0.15, -0.1) is 11.3 Å². The van der Waals surface area contributed by atoms with Crippen LogP contribution in [0.1, 0.15) is 69.9 Å². The molecule has 1 saturated heterocycles. The highest BCUT2D eigenvalue weighted by atomic mass is 32.2. The number of carboxylic acid groups (broad SMARTS) is 1. The van der Waals surface area contributed by atoms with Crippen molar-refractivity contribution in [3.63, 3.8) is 0 Å². The van der Waals surface area contributed by atoms with Crippen LogP contribution in [-0.4, -0.2) is 77.4 Å². The molecular weight excluding hydrogens is 717 g/mol. The van der Waals surface area contributed by atoms with E-state index in [0.717, 1.165) is 26.1 Å². The van der Waals surface area contributed by atoms with E-state index in [1.165, 1.54) is 23.5 Å². The molecule has 2 amide bonds. The molecule has 4 heterocycles. The molecule has 0 bridgehead atoms. The van der Waals surface area contributed by atoms with Gasteiger partial charge in [-0.25, -0.2) is 21.9 Å². The van der Waals surface area contributed by atoms with Crippen molar-refractivity contribution in [1.29, 1.82) is 0 Å². The molecule has 0 aliphatic carbocycles. The molecule has 2 aromatic carbocycles. The van der Waals surface area contributed by atoms with Crippen LogP contribution in [0.2, 0.25) is 0 Å². The van der Waals surface area contributed by atoms with Crippen LogP contribution in [-0.2, 0) is 32.6 Å². The van der Waals surface area contributed by atoms with E-state index in [2.05, 4.69) is 15.2 Å². The molecule has 1 fully saturated rings. The molecule has 2 aliphatic rings. The minimum atomic E-state index is -5.08. The highest BCUT2D eigenvalue weighted by Crippen LogP contribution is 2.46. The lowest BCUT2D eigenvalue weighted by Gasteiger charge is -2.36. The molecule has 0 radical (unpaired) electrons. The number of halogens is 4. The summed E-state index contributed by atoms with van der Waals surface area (Å²) in [5, 5.41) is 9.85. The van der Waals surface area contributed by atoms with Gasteiger partial charge in [-0.05, 0) is 80.8 Å². The number of aromatic nitrogens is 1. The van der Waals surface area contributed by atoms with Gasteiger partial charge in [0.1, 0.15) is 22.5 Å². The fraction of sp³-hybridized carbons (Fsp3) is 0.382. The Hall–Kier alpha value is -4.48. The van der Waals surface area contributed by atoms with Crippen molar-refractivity contribution >= 4 is 50.0 Å². The van der Waals surface area contributed by atoms with Crippen molar-refractivity contribution in [3.8, 4) is 5.75 Å². The van der Waals surface area contributed by atoms with Crippen LogP contribution in [0.4, 0.5) is 17.6 Å². The lowest BCUT2D eigenvalue weighted by atomic mass is 9.99. The monoisotopic (exact) mass is 752 g/mol. The van der Waals surface area contributed by atoms with Gasteiger partial charge in [0.2, 0.25) is 15.9 Å².